The van der Waals surface area contributed by atoms with Crippen LogP contribution in [-0.4, -0.2) is 29.3 Å². The monoisotopic (exact) mass is 274 g/mol. The Morgan fingerprint density at radius 1 is 1.40 bits per heavy atom. The predicted molar refractivity (Wildman–Crippen MR) is 79.4 cm³/mol. The van der Waals surface area contributed by atoms with Crippen LogP contribution in [0, 0.1) is 6.92 Å². The van der Waals surface area contributed by atoms with E-state index in [-0.39, 0.29) is 11.5 Å². The van der Waals surface area contributed by atoms with E-state index in [0.717, 1.165) is 30.1 Å². The molecule has 108 valence electrons. The molecule has 0 bridgehead atoms. The zero-order valence-corrected chi connectivity index (χ0v) is 12.6. The minimum absolute atomic E-state index is 0.000303. The second-order valence-corrected chi connectivity index (χ2v) is 6.56. The summed E-state index contributed by atoms with van der Waals surface area (Å²) in [6.45, 7) is 10.1. The maximum absolute atomic E-state index is 6.09. The van der Waals surface area contributed by atoms with Crippen LogP contribution in [0.4, 0.5) is 0 Å². The number of nitrogens with one attached hydrogen (secondary N) is 1. The van der Waals surface area contributed by atoms with Crippen molar-refractivity contribution in [2.24, 2.45) is 0 Å². The van der Waals surface area contributed by atoms with Crippen molar-refractivity contribution in [1.82, 2.24) is 9.97 Å². The SMILES string of the molecule is Cc1c[nH]c2nc(OC3CCOC3)c(C(C)(C)C)cc12. The first-order valence-electron chi connectivity index (χ1n) is 7.19. The molecule has 1 atom stereocenters. The minimum atomic E-state index is -0.000303. The van der Waals surface area contributed by atoms with Crippen molar-refractivity contribution in [2.75, 3.05) is 13.2 Å². The summed E-state index contributed by atoms with van der Waals surface area (Å²) in [7, 11) is 0. The predicted octanol–water partition coefficient (Wildman–Crippen LogP) is 3.34. The molecule has 4 heteroatoms. The van der Waals surface area contributed by atoms with Crippen LogP contribution in [0.15, 0.2) is 12.3 Å². The standard InChI is InChI=1S/C16H22N2O2/c1-10-8-17-14-12(10)7-13(16(2,3)4)15(18-14)20-11-5-6-19-9-11/h7-8,11H,5-6,9H2,1-4H3,(H,17,18). The van der Waals surface area contributed by atoms with Gasteiger partial charge in [0.05, 0.1) is 13.2 Å². The Hall–Kier alpha value is -1.55. The molecule has 1 N–H and O–H groups in total. The Balaban J connectivity index is 2.07. The van der Waals surface area contributed by atoms with Gasteiger partial charge in [-0.15, -0.1) is 0 Å². The fraction of sp³-hybridized carbons (Fsp3) is 0.562. The van der Waals surface area contributed by atoms with E-state index in [4.69, 9.17) is 14.5 Å². The molecule has 20 heavy (non-hydrogen) atoms. The highest BCUT2D eigenvalue weighted by Gasteiger charge is 2.25. The number of hydrogen-bond donors (Lipinski definition) is 1. The Morgan fingerprint density at radius 3 is 2.85 bits per heavy atom. The fourth-order valence-electron chi connectivity index (χ4n) is 2.55. The smallest absolute Gasteiger partial charge is 0.219 e. The number of fused-ring (bicyclic) bond motifs is 1. The molecule has 1 saturated heterocycles. The lowest BCUT2D eigenvalue weighted by molar-refractivity contribution is 0.136. The first kappa shape index (κ1) is 13.4. The zero-order chi connectivity index (χ0) is 14.3. The Labute approximate surface area is 119 Å². The molecule has 0 radical (unpaired) electrons. The number of rotatable bonds is 2. The van der Waals surface area contributed by atoms with Crippen molar-refractivity contribution in [3.05, 3.63) is 23.4 Å². The molecular formula is C16H22N2O2. The summed E-state index contributed by atoms with van der Waals surface area (Å²) in [5.74, 6) is 0.738. The lowest BCUT2D eigenvalue weighted by Gasteiger charge is -2.23. The van der Waals surface area contributed by atoms with Gasteiger partial charge < -0.3 is 14.5 Å². The van der Waals surface area contributed by atoms with Gasteiger partial charge in [0.1, 0.15) is 11.8 Å². The summed E-state index contributed by atoms with van der Waals surface area (Å²) in [6, 6.07) is 2.21. The van der Waals surface area contributed by atoms with Gasteiger partial charge in [0, 0.05) is 23.6 Å². The lowest BCUT2D eigenvalue weighted by atomic mass is 9.87. The molecule has 0 aromatic carbocycles. The van der Waals surface area contributed by atoms with Gasteiger partial charge in [-0.05, 0) is 24.0 Å². The molecular weight excluding hydrogens is 252 g/mol. The number of hydrogen-bond acceptors (Lipinski definition) is 3. The number of aromatic amines is 1. The molecule has 3 rings (SSSR count). The highest BCUT2D eigenvalue weighted by molar-refractivity contribution is 5.81. The zero-order valence-electron chi connectivity index (χ0n) is 12.6. The van der Waals surface area contributed by atoms with Crippen LogP contribution < -0.4 is 4.74 Å². The average Bonchev–Trinajstić information content (AvgIpc) is 2.98. The maximum Gasteiger partial charge on any atom is 0.219 e. The Kier molecular flexibility index (Phi) is 3.21. The van der Waals surface area contributed by atoms with Crippen molar-refractivity contribution in [3.8, 4) is 5.88 Å². The molecule has 0 aliphatic carbocycles. The van der Waals surface area contributed by atoms with E-state index in [0.29, 0.717) is 6.61 Å². The van der Waals surface area contributed by atoms with Crippen LogP contribution in [0.5, 0.6) is 5.88 Å². The van der Waals surface area contributed by atoms with Gasteiger partial charge in [-0.1, -0.05) is 20.8 Å². The molecule has 3 heterocycles. The minimum Gasteiger partial charge on any atom is -0.472 e. The van der Waals surface area contributed by atoms with E-state index in [2.05, 4.69) is 38.7 Å². The number of H-pyrrole nitrogens is 1. The quantitative estimate of drug-likeness (QED) is 0.913. The Bertz CT molecular complexity index is 619. The summed E-state index contributed by atoms with van der Waals surface area (Å²) < 4.78 is 11.5. The Morgan fingerprint density at radius 2 is 2.20 bits per heavy atom. The van der Waals surface area contributed by atoms with Crippen molar-refractivity contribution >= 4 is 11.0 Å². The normalized spacial score (nSPS) is 19.7. The summed E-state index contributed by atoms with van der Waals surface area (Å²) in [5.41, 5.74) is 3.26. The second kappa shape index (κ2) is 4.77. The summed E-state index contributed by atoms with van der Waals surface area (Å²) >= 11 is 0. The first-order valence-corrected chi connectivity index (χ1v) is 7.19. The molecule has 1 unspecified atom stereocenters. The lowest BCUT2D eigenvalue weighted by Crippen LogP contribution is -2.21. The van der Waals surface area contributed by atoms with E-state index in [9.17, 15) is 0 Å². The van der Waals surface area contributed by atoms with Crippen molar-refractivity contribution in [3.63, 3.8) is 0 Å². The third-order valence-corrected chi connectivity index (χ3v) is 3.81. The van der Waals surface area contributed by atoms with Gasteiger partial charge >= 0.3 is 0 Å². The van der Waals surface area contributed by atoms with E-state index in [1.807, 2.05) is 6.20 Å². The second-order valence-electron chi connectivity index (χ2n) is 6.56. The van der Waals surface area contributed by atoms with Crippen LogP contribution in [0.25, 0.3) is 11.0 Å². The van der Waals surface area contributed by atoms with Gasteiger partial charge in [-0.3, -0.25) is 0 Å². The van der Waals surface area contributed by atoms with E-state index in [1.165, 1.54) is 10.9 Å². The number of pyridine rings is 1. The first-order chi connectivity index (χ1) is 9.45. The molecule has 4 nitrogen and oxygen atoms in total. The van der Waals surface area contributed by atoms with Crippen LogP contribution >= 0.6 is 0 Å². The molecule has 1 fully saturated rings. The van der Waals surface area contributed by atoms with Gasteiger partial charge in [0.15, 0.2) is 0 Å². The van der Waals surface area contributed by atoms with Gasteiger partial charge in [-0.25, -0.2) is 0 Å². The van der Waals surface area contributed by atoms with Crippen LogP contribution in [-0.2, 0) is 10.2 Å². The maximum atomic E-state index is 6.09. The van der Waals surface area contributed by atoms with Gasteiger partial charge in [0.2, 0.25) is 5.88 Å². The average molecular weight is 274 g/mol. The number of aryl methyl sites for hydroxylation is 1. The number of aromatic nitrogens is 2. The molecule has 1 aliphatic heterocycles. The molecule has 0 spiro atoms. The third-order valence-electron chi connectivity index (χ3n) is 3.81. The van der Waals surface area contributed by atoms with Gasteiger partial charge in [-0.2, -0.15) is 4.98 Å². The van der Waals surface area contributed by atoms with E-state index < -0.39 is 0 Å². The van der Waals surface area contributed by atoms with Crippen LogP contribution in [0.2, 0.25) is 0 Å². The van der Waals surface area contributed by atoms with Crippen molar-refractivity contribution in [1.29, 1.82) is 0 Å². The number of nitrogens with zero attached hydrogens (tertiary/aromatic N) is 1. The van der Waals surface area contributed by atoms with Gasteiger partial charge in [0.25, 0.3) is 0 Å². The molecule has 0 amide bonds. The van der Waals surface area contributed by atoms with Crippen molar-refractivity contribution < 1.29 is 9.47 Å². The highest BCUT2D eigenvalue weighted by Crippen LogP contribution is 2.34. The molecule has 0 saturated carbocycles. The van der Waals surface area contributed by atoms with E-state index in [1.54, 1.807) is 0 Å². The summed E-state index contributed by atoms with van der Waals surface area (Å²) in [4.78, 5) is 7.90. The summed E-state index contributed by atoms with van der Waals surface area (Å²) in [6.07, 6.45) is 3.05. The summed E-state index contributed by atoms with van der Waals surface area (Å²) in [5, 5.41) is 1.17. The van der Waals surface area contributed by atoms with Crippen LogP contribution in [0.3, 0.4) is 0 Å². The van der Waals surface area contributed by atoms with Crippen LogP contribution in [0.1, 0.15) is 38.3 Å². The number of ether oxygens (including phenoxy) is 2. The topological polar surface area (TPSA) is 47.1 Å². The molecule has 2 aromatic heterocycles. The molecule has 1 aliphatic rings. The van der Waals surface area contributed by atoms with Crippen molar-refractivity contribution in [2.45, 2.75) is 45.6 Å². The largest absolute Gasteiger partial charge is 0.472 e. The fourth-order valence-corrected chi connectivity index (χ4v) is 2.55. The van der Waals surface area contributed by atoms with E-state index >= 15 is 0 Å². The molecule has 2 aromatic rings. The third kappa shape index (κ3) is 2.40. The highest BCUT2D eigenvalue weighted by atomic mass is 16.5.